The van der Waals surface area contributed by atoms with Gasteiger partial charge in [0.1, 0.15) is 5.82 Å². The molecule has 2 N–H and O–H groups in total. The highest BCUT2D eigenvalue weighted by Gasteiger charge is 2.10. The molecule has 0 aliphatic carbocycles. The summed E-state index contributed by atoms with van der Waals surface area (Å²) in [6, 6.07) is 13.8. The zero-order valence-electron chi connectivity index (χ0n) is 13.0. The second kappa shape index (κ2) is 8.65. The van der Waals surface area contributed by atoms with Gasteiger partial charge < -0.3 is 10.6 Å². The lowest BCUT2D eigenvalue weighted by atomic mass is 10.1. The molecule has 0 heterocycles. The van der Waals surface area contributed by atoms with E-state index in [0.29, 0.717) is 18.0 Å². The number of hydrogen-bond donors (Lipinski definition) is 2. The second-order valence-corrected chi connectivity index (χ2v) is 5.76. The van der Waals surface area contributed by atoms with E-state index in [2.05, 4.69) is 10.6 Å². The number of amides is 1. The fourth-order valence-corrected chi connectivity index (χ4v) is 2.54. The fraction of sp³-hybridized carbons (Fsp3) is 0.278. The second-order valence-electron chi connectivity index (χ2n) is 5.35. The summed E-state index contributed by atoms with van der Waals surface area (Å²) in [5.41, 5.74) is 1.96. The van der Waals surface area contributed by atoms with Crippen LogP contribution in [0.2, 0.25) is 5.02 Å². The highest BCUT2D eigenvalue weighted by molar-refractivity contribution is 6.31. The van der Waals surface area contributed by atoms with E-state index in [1.807, 2.05) is 31.2 Å². The number of carbonyl (C=O) groups is 1. The van der Waals surface area contributed by atoms with Crippen LogP contribution in [-0.4, -0.2) is 19.0 Å². The van der Waals surface area contributed by atoms with E-state index in [-0.39, 0.29) is 24.3 Å². The molecule has 0 spiro atoms. The van der Waals surface area contributed by atoms with Crippen LogP contribution in [-0.2, 0) is 11.2 Å². The molecule has 2 aromatic carbocycles. The van der Waals surface area contributed by atoms with Gasteiger partial charge in [0.05, 0.1) is 6.54 Å². The summed E-state index contributed by atoms with van der Waals surface area (Å²) >= 11 is 6.13. The van der Waals surface area contributed by atoms with Crippen molar-refractivity contribution < 1.29 is 9.18 Å². The Morgan fingerprint density at radius 3 is 2.57 bits per heavy atom. The van der Waals surface area contributed by atoms with Crippen LogP contribution < -0.4 is 10.6 Å². The van der Waals surface area contributed by atoms with E-state index >= 15 is 0 Å². The van der Waals surface area contributed by atoms with Crippen LogP contribution in [0.4, 0.5) is 4.39 Å². The lowest BCUT2D eigenvalue weighted by Crippen LogP contribution is -2.36. The molecule has 1 amide bonds. The van der Waals surface area contributed by atoms with E-state index in [4.69, 9.17) is 11.6 Å². The van der Waals surface area contributed by atoms with Crippen LogP contribution in [0, 0.1) is 5.82 Å². The topological polar surface area (TPSA) is 41.1 Å². The summed E-state index contributed by atoms with van der Waals surface area (Å²) in [4.78, 5) is 11.8. The van der Waals surface area contributed by atoms with Gasteiger partial charge in [-0.2, -0.15) is 0 Å². The normalized spacial score (nSPS) is 12.0. The average molecular weight is 335 g/mol. The van der Waals surface area contributed by atoms with Crippen LogP contribution in [0.25, 0.3) is 0 Å². The van der Waals surface area contributed by atoms with Crippen molar-refractivity contribution in [2.24, 2.45) is 0 Å². The first-order valence-corrected chi connectivity index (χ1v) is 7.93. The van der Waals surface area contributed by atoms with Crippen LogP contribution >= 0.6 is 11.6 Å². The van der Waals surface area contributed by atoms with Crippen molar-refractivity contribution in [2.75, 3.05) is 13.1 Å². The summed E-state index contributed by atoms with van der Waals surface area (Å²) in [5.74, 6) is -0.332. The first-order valence-electron chi connectivity index (χ1n) is 7.55. The van der Waals surface area contributed by atoms with Crippen molar-refractivity contribution in [2.45, 2.75) is 19.4 Å². The first-order chi connectivity index (χ1) is 11.1. The van der Waals surface area contributed by atoms with Gasteiger partial charge in [-0.1, -0.05) is 41.9 Å². The molecule has 23 heavy (non-hydrogen) atoms. The molecule has 5 heteroatoms. The Morgan fingerprint density at radius 1 is 1.17 bits per heavy atom. The third-order valence-corrected chi connectivity index (χ3v) is 3.93. The standard InChI is InChI=1S/C18H20ClFN2O/c1-13(16-4-2-3-5-17(16)19)22-12-18(23)21-11-10-14-6-8-15(20)9-7-14/h2-9,13,22H,10-12H2,1H3,(H,21,23)/t13-/m0/s1. The van der Waals surface area contributed by atoms with Gasteiger partial charge >= 0.3 is 0 Å². The van der Waals surface area contributed by atoms with Crippen LogP contribution in [0.15, 0.2) is 48.5 Å². The van der Waals surface area contributed by atoms with Gasteiger partial charge in [0.2, 0.25) is 5.91 Å². The summed E-state index contributed by atoms with van der Waals surface area (Å²) in [7, 11) is 0. The predicted octanol–water partition coefficient (Wildman–Crippen LogP) is 3.49. The maximum atomic E-state index is 12.8. The van der Waals surface area contributed by atoms with Crippen molar-refractivity contribution >= 4 is 17.5 Å². The summed E-state index contributed by atoms with van der Waals surface area (Å²) in [6.07, 6.45) is 0.673. The maximum Gasteiger partial charge on any atom is 0.233 e. The minimum Gasteiger partial charge on any atom is -0.355 e. The lowest BCUT2D eigenvalue weighted by molar-refractivity contribution is -0.120. The minimum absolute atomic E-state index is 0.00783. The smallest absolute Gasteiger partial charge is 0.233 e. The fourth-order valence-electron chi connectivity index (χ4n) is 2.24. The molecule has 0 fully saturated rings. The number of hydrogen-bond acceptors (Lipinski definition) is 2. The quantitative estimate of drug-likeness (QED) is 0.813. The molecule has 0 aliphatic heterocycles. The van der Waals surface area contributed by atoms with Crippen molar-refractivity contribution in [1.29, 1.82) is 0 Å². The highest BCUT2D eigenvalue weighted by Crippen LogP contribution is 2.21. The van der Waals surface area contributed by atoms with Crippen LogP contribution in [0.1, 0.15) is 24.1 Å². The molecule has 0 radical (unpaired) electrons. The summed E-state index contributed by atoms with van der Waals surface area (Å²) < 4.78 is 12.8. The molecule has 122 valence electrons. The van der Waals surface area contributed by atoms with Crippen molar-refractivity contribution in [3.05, 3.63) is 70.5 Å². The molecular formula is C18H20ClFN2O. The van der Waals surface area contributed by atoms with E-state index < -0.39 is 0 Å². The van der Waals surface area contributed by atoms with E-state index in [0.717, 1.165) is 11.1 Å². The molecule has 0 unspecified atom stereocenters. The highest BCUT2D eigenvalue weighted by atomic mass is 35.5. The Balaban J connectivity index is 1.71. The molecule has 3 nitrogen and oxygen atoms in total. The van der Waals surface area contributed by atoms with E-state index in [9.17, 15) is 9.18 Å². The molecule has 0 saturated heterocycles. The molecule has 0 aromatic heterocycles. The Bertz CT molecular complexity index is 646. The Hall–Kier alpha value is -1.91. The van der Waals surface area contributed by atoms with Gasteiger partial charge in [0, 0.05) is 17.6 Å². The summed E-state index contributed by atoms with van der Waals surface area (Å²) in [5, 5.41) is 6.67. The number of benzene rings is 2. The van der Waals surface area contributed by atoms with E-state index in [1.165, 1.54) is 12.1 Å². The largest absolute Gasteiger partial charge is 0.355 e. The third-order valence-electron chi connectivity index (χ3n) is 3.59. The molecule has 0 aliphatic rings. The maximum absolute atomic E-state index is 12.8. The average Bonchev–Trinajstić information content (AvgIpc) is 2.55. The molecule has 2 aromatic rings. The monoisotopic (exact) mass is 334 g/mol. The number of halogens is 2. The zero-order chi connectivity index (χ0) is 16.7. The van der Waals surface area contributed by atoms with E-state index in [1.54, 1.807) is 12.1 Å². The molecule has 0 bridgehead atoms. The molecular weight excluding hydrogens is 315 g/mol. The van der Waals surface area contributed by atoms with Crippen molar-refractivity contribution in [3.8, 4) is 0 Å². The Labute approximate surface area is 140 Å². The van der Waals surface area contributed by atoms with Crippen molar-refractivity contribution in [3.63, 3.8) is 0 Å². The van der Waals surface area contributed by atoms with Gasteiger partial charge in [-0.25, -0.2) is 4.39 Å². The lowest BCUT2D eigenvalue weighted by Gasteiger charge is -2.15. The number of rotatable bonds is 7. The molecule has 0 saturated carbocycles. The predicted molar refractivity (Wildman–Crippen MR) is 91.0 cm³/mol. The summed E-state index contributed by atoms with van der Waals surface area (Å²) in [6.45, 7) is 2.70. The Kier molecular flexibility index (Phi) is 6.56. The van der Waals surface area contributed by atoms with Crippen LogP contribution in [0.3, 0.4) is 0 Å². The minimum atomic E-state index is -0.254. The van der Waals surface area contributed by atoms with Crippen LogP contribution in [0.5, 0.6) is 0 Å². The van der Waals surface area contributed by atoms with Gasteiger partial charge in [0.15, 0.2) is 0 Å². The van der Waals surface area contributed by atoms with Gasteiger partial charge in [-0.05, 0) is 42.7 Å². The number of carbonyl (C=O) groups excluding carboxylic acids is 1. The molecule has 1 atom stereocenters. The first kappa shape index (κ1) is 17.4. The number of nitrogens with one attached hydrogen (secondary N) is 2. The SMILES string of the molecule is C[C@H](NCC(=O)NCCc1ccc(F)cc1)c1ccccc1Cl. The van der Waals surface area contributed by atoms with Crippen molar-refractivity contribution in [1.82, 2.24) is 10.6 Å². The van der Waals surface area contributed by atoms with Gasteiger partial charge in [-0.15, -0.1) is 0 Å². The zero-order valence-corrected chi connectivity index (χ0v) is 13.7. The van der Waals surface area contributed by atoms with Gasteiger partial charge in [0.25, 0.3) is 0 Å². The Morgan fingerprint density at radius 2 is 1.87 bits per heavy atom. The third kappa shape index (κ3) is 5.66. The van der Waals surface area contributed by atoms with Gasteiger partial charge in [-0.3, -0.25) is 4.79 Å². The molecule has 2 rings (SSSR count).